The van der Waals surface area contributed by atoms with E-state index in [2.05, 4.69) is 4.99 Å². The first-order chi connectivity index (χ1) is 12.2. The fourth-order valence-corrected chi connectivity index (χ4v) is 5.39. The smallest absolute Gasteiger partial charge is 0.277 e. The minimum Gasteiger partial charge on any atom is -0.277 e. The minimum atomic E-state index is -3.89. The van der Waals surface area contributed by atoms with Crippen LogP contribution in [0.5, 0.6) is 0 Å². The molecule has 1 aliphatic rings. The third-order valence-electron chi connectivity index (χ3n) is 4.19. The number of aliphatic imine (C=N–C) groups is 1. The molecular weight excluding hydrogens is 348 g/mol. The first-order valence-electron chi connectivity index (χ1n) is 8.45. The second-order valence-electron chi connectivity index (χ2n) is 7.26. The molecule has 0 N–H and O–H groups in total. The summed E-state index contributed by atoms with van der Waals surface area (Å²) in [5, 5.41) is -1.07. The third kappa shape index (κ3) is 3.29. The lowest BCUT2D eigenvalue weighted by Crippen LogP contribution is -2.45. The molecular formula is C20H22N2O3S. The van der Waals surface area contributed by atoms with Crippen LogP contribution in [0.2, 0.25) is 0 Å². The second-order valence-corrected chi connectivity index (χ2v) is 9.13. The summed E-state index contributed by atoms with van der Waals surface area (Å²) in [5.41, 5.74) is 0.702. The normalized spacial score (nSPS) is 21.3. The number of carbonyl (C=O) groups is 1. The van der Waals surface area contributed by atoms with Crippen molar-refractivity contribution in [2.45, 2.75) is 38.1 Å². The summed E-state index contributed by atoms with van der Waals surface area (Å²) < 4.78 is 27.4. The number of rotatable bonds is 3. The number of hydrogen-bond donors (Lipinski definition) is 0. The van der Waals surface area contributed by atoms with Crippen LogP contribution in [-0.2, 0) is 21.4 Å². The van der Waals surface area contributed by atoms with Crippen LogP contribution in [0.15, 0.2) is 65.7 Å². The Hall–Kier alpha value is -2.47. The number of hydrogen-bond acceptors (Lipinski definition) is 4. The maximum absolute atomic E-state index is 13.2. The van der Waals surface area contributed by atoms with Crippen molar-refractivity contribution >= 4 is 21.6 Å². The summed E-state index contributed by atoms with van der Waals surface area (Å²) in [7, 11) is -3.89. The summed E-state index contributed by atoms with van der Waals surface area (Å²) >= 11 is 0. The van der Waals surface area contributed by atoms with Gasteiger partial charge in [0.15, 0.2) is 5.25 Å². The lowest BCUT2D eigenvalue weighted by Gasteiger charge is -2.30. The van der Waals surface area contributed by atoms with E-state index in [-0.39, 0.29) is 12.3 Å². The molecule has 1 amide bonds. The summed E-state index contributed by atoms with van der Waals surface area (Å²) in [5.74, 6) is -0.540. The summed E-state index contributed by atoms with van der Waals surface area (Å²) in [6.45, 7) is 5.40. The molecule has 0 radical (unpaired) electrons. The molecule has 1 fully saturated rings. The monoisotopic (exact) mass is 370 g/mol. The van der Waals surface area contributed by atoms with Crippen LogP contribution >= 0.6 is 0 Å². The molecule has 26 heavy (non-hydrogen) atoms. The van der Waals surface area contributed by atoms with Gasteiger partial charge in [-0.25, -0.2) is 12.7 Å². The fraction of sp³-hybridized carbons (Fsp3) is 0.300. The lowest BCUT2D eigenvalue weighted by atomic mass is 10.0. The van der Waals surface area contributed by atoms with E-state index >= 15 is 0 Å². The Bertz CT molecular complexity index is 930. The average Bonchev–Trinajstić information content (AvgIpc) is 2.79. The van der Waals surface area contributed by atoms with Crippen molar-refractivity contribution in [1.29, 1.82) is 0 Å². The number of sulfonamides is 1. The van der Waals surface area contributed by atoms with Gasteiger partial charge in [-0.15, -0.1) is 0 Å². The highest BCUT2D eigenvalue weighted by molar-refractivity contribution is 7.91. The molecule has 1 atom stereocenters. The zero-order valence-electron chi connectivity index (χ0n) is 15.1. The first-order valence-corrected chi connectivity index (χ1v) is 9.95. The molecule has 2 aromatic carbocycles. The molecule has 0 bridgehead atoms. The molecule has 0 aromatic heterocycles. The van der Waals surface area contributed by atoms with Gasteiger partial charge in [-0.3, -0.25) is 9.79 Å². The van der Waals surface area contributed by atoms with Crippen LogP contribution in [0, 0.1) is 0 Å². The Morgan fingerprint density at radius 2 is 1.50 bits per heavy atom. The molecule has 0 aliphatic carbocycles. The fourth-order valence-electron chi connectivity index (χ4n) is 3.13. The zero-order valence-corrected chi connectivity index (χ0v) is 15.9. The predicted molar refractivity (Wildman–Crippen MR) is 102 cm³/mol. The predicted octanol–water partition coefficient (Wildman–Crippen LogP) is 3.34. The van der Waals surface area contributed by atoms with Gasteiger partial charge >= 0.3 is 0 Å². The van der Waals surface area contributed by atoms with E-state index in [4.69, 9.17) is 0 Å². The van der Waals surface area contributed by atoms with Crippen molar-refractivity contribution < 1.29 is 13.2 Å². The Labute approximate surface area is 154 Å². The van der Waals surface area contributed by atoms with Gasteiger partial charge in [0, 0.05) is 0 Å². The molecule has 1 heterocycles. The highest BCUT2D eigenvalue weighted by atomic mass is 32.2. The van der Waals surface area contributed by atoms with Crippen LogP contribution in [0.3, 0.4) is 0 Å². The summed E-state index contributed by atoms with van der Waals surface area (Å²) in [6.07, 6.45) is 0. The zero-order chi connectivity index (χ0) is 18.9. The van der Waals surface area contributed by atoms with Crippen molar-refractivity contribution in [1.82, 2.24) is 4.31 Å². The number of benzene rings is 2. The van der Waals surface area contributed by atoms with Crippen LogP contribution in [-0.4, -0.2) is 29.9 Å². The van der Waals surface area contributed by atoms with Gasteiger partial charge in [-0.2, -0.15) is 0 Å². The SMILES string of the molecule is CC(C)(C)N1C(=O)C(=NCc2ccccc2)C(c2ccccc2)S1(=O)=O. The largest absolute Gasteiger partial charge is 0.283 e. The van der Waals surface area contributed by atoms with Gasteiger partial charge in [0.05, 0.1) is 12.1 Å². The van der Waals surface area contributed by atoms with Gasteiger partial charge in [0.2, 0.25) is 0 Å². The van der Waals surface area contributed by atoms with Crippen molar-refractivity contribution in [2.24, 2.45) is 4.99 Å². The van der Waals surface area contributed by atoms with Crippen LogP contribution in [0.1, 0.15) is 37.1 Å². The van der Waals surface area contributed by atoms with Crippen LogP contribution in [0.4, 0.5) is 0 Å². The average molecular weight is 370 g/mol. The molecule has 1 aliphatic heterocycles. The Morgan fingerprint density at radius 1 is 0.962 bits per heavy atom. The molecule has 0 spiro atoms. The van der Waals surface area contributed by atoms with Gasteiger partial charge in [-0.05, 0) is 31.9 Å². The summed E-state index contributed by atoms with van der Waals surface area (Å²) in [4.78, 5) is 17.4. The number of nitrogens with zero attached hydrogens (tertiary/aromatic N) is 2. The van der Waals surface area contributed by atoms with Gasteiger partial charge in [0.25, 0.3) is 15.9 Å². The third-order valence-corrected chi connectivity index (χ3v) is 6.50. The van der Waals surface area contributed by atoms with Gasteiger partial charge in [0.1, 0.15) is 5.71 Å². The standard InChI is InChI=1S/C20H22N2O3S/c1-20(2,3)22-19(23)17(21-14-15-10-6-4-7-11-15)18(26(22,24)25)16-12-8-5-9-13-16/h4-13,18H,14H2,1-3H3. The minimum absolute atomic E-state index is 0.0787. The number of carbonyl (C=O) groups excluding carboxylic acids is 1. The Kier molecular flexibility index (Phi) is 4.71. The molecule has 5 nitrogen and oxygen atoms in total. The van der Waals surface area contributed by atoms with E-state index in [9.17, 15) is 13.2 Å². The van der Waals surface area contributed by atoms with Crippen molar-refractivity contribution in [3.63, 3.8) is 0 Å². The van der Waals surface area contributed by atoms with Crippen LogP contribution < -0.4 is 0 Å². The molecule has 1 saturated heterocycles. The van der Waals surface area contributed by atoms with E-state index in [0.717, 1.165) is 9.87 Å². The molecule has 136 valence electrons. The summed E-state index contributed by atoms with van der Waals surface area (Å²) in [6, 6.07) is 18.3. The number of amides is 1. The molecule has 1 unspecified atom stereocenters. The van der Waals surface area contributed by atoms with E-state index < -0.39 is 26.7 Å². The molecule has 2 aromatic rings. The molecule has 0 saturated carbocycles. The Balaban J connectivity index is 2.11. The van der Waals surface area contributed by atoms with Gasteiger partial charge < -0.3 is 0 Å². The second kappa shape index (κ2) is 6.68. The van der Waals surface area contributed by atoms with E-state index in [0.29, 0.717) is 5.56 Å². The highest BCUT2D eigenvalue weighted by Crippen LogP contribution is 2.38. The first kappa shape index (κ1) is 18.3. The molecule has 3 rings (SSSR count). The Morgan fingerprint density at radius 3 is 2.04 bits per heavy atom. The molecule has 6 heteroatoms. The van der Waals surface area contributed by atoms with Crippen molar-refractivity contribution in [3.8, 4) is 0 Å². The lowest BCUT2D eigenvalue weighted by molar-refractivity contribution is -0.122. The van der Waals surface area contributed by atoms with Crippen LogP contribution in [0.25, 0.3) is 0 Å². The van der Waals surface area contributed by atoms with E-state index in [1.807, 2.05) is 36.4 Å². The maximum atomic E-state index is 13.2. The maximum Gasteiger partial charge on any atom is 0.283 e. The quantitative estimate of drug-likeness (QED) is 0.832. The van der Waals surface area contributed by atoms with E-state index in [1.165, 1.54) is 0 Å². The highest BCUT2D eigenvalue weighted by Gasteiger charge is 2.54. The van der Waals surface area contributed by atoms with Gasteiger partial charge in [-0.1, -0.05) is 60.7 Å². The van der Waals surface area contributed by atoms with Crippen molar-refractivity contribution in [3.05, 3.63) is 71.8 Å². The topological polar surface area (TPSA) is 66.8 Å². The van der Waals surface area contributed by atoms with Crippen molar-refractivity contribution in [2.75, 3.05) is 0 Å². The van der Waals surface area contributed by atoms with E-state index in [1.54, 1.807) is 45.0 Å².